The lowest BCUT2D eigenvalue weighted by atomic mass is 10.2. The van der Waals surface area contributed by atoms with Gasteiger partial charge in [0.05, 0.1) is 17.0 Å². The molecule has 0 unspecified atom stereocenters. The number of hydrogen-bond donors (Lipinski definition) is 2. The maximum atomic E-state index is 12.1. The molecule has 0 heterocycles. The van der Waals surface area contributed by atoms with Crippen LogP contribution in [0, 0.1) is 3.57 Å². The average Bonchev–Trinajstić information content (AvgIpc) is 2.27. The van der Waals surface area contributed by atoms with Crippen LogP contribution < -0.4 is 5.73 Å². The smallest absolute Gasteiger partial charge is 0.336 e. The third-order valence-corrected chi connectivity index (χ3v) is 4.99. The summed E-state index contributed by atoms with van der Waals surface area (Å²) in [6, 6.07) is 3.72. The van der Waals surface area contributed by atoms with Crippen molar-refractivity contribution in [2.24, 2.45) is 5.73 Å². The van der Waals surface area contributed by atoms with E-state index in [1.165, 1.54) is 19.2 Å². The third-order valence-electron chi connectivity index (χ3n) is 2.25. The molecule has 7 nitrogen and oxygen atoms in total. The molecule has 0 spiro atoms. The number of hydrogen-bond acceptors (Lipinski definition) is 4. The summed E-state index contributed by atoms with van der Waals surface area (Å²) >= 11 is 1.79. The van der Waals surface area contributed by atoms with E-state index in [4.69, 9.17) is 10.8 Å². The molecule has 0 fully saturated rings. The second-order valence-electron chi connectivity index (χ2n) is 3.67. The van der Waals surface area contributed by atoms with Crippen molar-refractivity contribution in [3.05, 3.63) is 27.3 Å². The Morgan fingerprint density at radius 3 is 2.47 bits per heavy atom. The SMILES string of the molecule is CN(CC(N)=O)S(=O)(=O)c1ccc(I)c(C(=O)O)c1. The lowest BCUT2D eigenvalue weighted by Gasteiger charge is -2.15. The second-order valence-corrected chi connectivity index (χ2v) is 6.88. The van der Waals surface area contributed by atoms with Gasteiger partial charge in [-0.1, -0.05) is 0 Å². The summed E-state index contributed by atoms with van der Waals surface area (Å²) in [5.41, 5.74) is 4.81. The molecule has 3 N–H and O–H groups in total. The van der Waals surface area contributed by atoms with Crippen LogP contribution in [-0.4, -0.2) is 43.3 Å². The molecular weight excluding hydrogens is 387 g/mol. The molecule has 1 aromatic carbocycles. The van der Waals surface area contributed by atoms with Gasteiger partial charge in [0.15, 0.2) is 0 Å². The van der Waals surface area contributed by atoms with Crippen molar-refractivity contribution in [1.29, 1.82) is 0 Å². The minimum atomic E-state index is -3.94. The Morgan fingerprint density at radius 2 is 2.00 bits per heavy atom. The van der Waals surface area contributed by atoms with E-state index in [-0.39, 0.29) is 10.5 Å². The zero-order valence-electron chi connectivity index (χ0n) is 9.83. The van der Waals surface area contributed by atoms with Crippen LogP contribution in [0.15, 0.2) is 23.1 Å². The highest BCUT2D eigenvalue weighted by Crippen LogP contribution is 2.20. The summed E-state index contributed by atoms with van der Waals surface area (Å²) in [6.07, 6.45) is 0. The van der Waals surface area contributed by atoms with Crippen molar-refractivity contribution >= 4 is 44.5 Å². The number of carbonyl (C=O) groups is 2. The first-order valence-corrected chi connectivity index (χ1v) is 7.45. The van der Waals surface area contributed by atoms with Gasteiger partial charge in [-0.25, -0.2) is 13.2 Å². The lowest BCUT2D eigenvalue weighted by Crippen LogP contribution is -2.35. The number of nitrogens with two attached hydrogens (primary N) is 1. The topological polar surface area (TPSA) is 118 Å². The zero-order chi connectivity index (χ0) is 14.8. The van der Waals surface area contributed by atoms with Crippen LogP contribution >= 0.6 is 22.6 Å². The summed E-state index contributed by atoms with van der Waals surface area (Å²) in [7, 11) is -2.75. The number of benzene rings is 1. The van der Waals surface area contributed by atoms with E-state index in [2.05, 4.69) is 0 Å². The number of carboxylic acid groups (broad SMARTS) is 1. The number of halogens is 1. The highest BCUT2D eigenvalue weighted by Gasteiger charge is 2.24. The Morgan fingerprint density at radius 1 is 1.42 bits per heavy atom. The standard InChI is InChI=1S/C10H11IN2O5S/c1-13(5-9(12)14)19(17,18)6-2-3-8(11)7(4-6)10(15)16/h2-4H,5H2,1H3,(H2,12,14)(H,15,16). The first-order chi connectivity index (χ1) is 8.66. The fourth-order valence-corrected chi connectivity index (χ4v) is 3.04. The normalized spacial score (nSPS) is 11.5. The predicted octanol–water partition coefficient (Wildman–Crippen LogP) is 0.0952. The summed E-state index contributed by atoms with van der Waals surface area (Å²) < 4.78 is 25.3. The van der Waals surface area contributed by atoms with E-state index in [1.807, 2.05) is 0 Å². The third kappa shape index (κ3) is 3.64. The van der Waals surface area contributed by atoms with Crippen LogP contribution in [0.5, 0.6) is 0 Å². The molecular formula is C10H11IN2O5S. The van der Waals surface area contributed by atoms with Gasteiger partial charge in [0.2, 0.25) is 15.9 Å². The summed E-state index contributed by atoms with van der Waals surface area (Å²) in [4.78, 5) is 21.5. The molecule has 1 rings (SSSR count). The van der Waals surface area contributed by atoms with Crippen molar-refractivity contribution < 1.29 is 23.1 Å². The van der Waals surface area contributed by atoms with Crippen LogP contribution in [0.4, 0.5) is 0 Å². The first kappa shape index (κ1) is 15.9. The molecule has 0 saturated heterocycles. The molecule has 0 saturated carbocycles. The van der Waals surface area contributed by atoms with E-state index < -0.39 is 28.4 Å². The number of likely N-dealkylation sites (N-methyl/N-ethyl adjacent to an activating group) is 1. The number of aromatic carboxylic acids is 1. The van der Waals surface area contributed by atoms with Crippen molar-refractivity contribution in [2.75, 3.05) is 13.6 Å². The molecule has 0 bridgehead atoms. The van der Waals surface area contributed by atoms with Gasteiger partial charge in [-0.3, -0.25) is 4.79 Å². The van der Waals surface area contributed by atoms with Crippen molar-refractivity contribution in [1.82, 2.24) is 4.31 Å². The quantitative estimate of drug-likeness (QED) is 0.682. The number of primary amides is 1. The number of rotatable bonds is 5. The van der Waals surface area contributed by atoms with Crippen molar-refractivity contribution in [2.45, 2.75) is 4.90 Å². The fourth-order valence-electron chi connectivity index (χ4n) is 1.31. The van der Waals surface area contributed by atoms with Gasteiger partial charge in [0.1, 0.15) is 0 Å². The van der Waals surface area contributed by atoms with Gasteiger partial charge in [-0.15, -0.1) is 0 Å². The molecule has 0 aromatic heterocycles. The molecule has 9 heteroatoms. The Labute approximate surface area is 123 Å². The van der Waals surface area contributed by atoms with Crippen LogP contribution in [0.1, 0.15) is 10.4 Å². The van der Waals surface area contributed by atoms with E-state index in [9.17, 15) is 18.0 Å². The molecule has 104 valence electrons. The minimum Gasteiger partial charge on any atom is -0.478 e. The Balaban J connectivity index is 3.26. The van der Waals surface area contributed by atoms with E-state index in [0.717, 1.165) is 10.4 Å². The van der Waals surface area contributed by atoms with Gasteiger partial charge in [0.25, 0.3) is 0 Å². The van der Waals surface area contributed by atoms with Crippen LogP contribution in [0.2, 0.25) is 0 Å². The van der Waals surface area contributed by atoms with E-state index >= 15 is 0 Å². The minimum absolute atomic E-state index is 0.117. The average molecular weight is 398 g/mol. The van der Waals surface area contributed by atoms with Gasteiger partial charge in [-0.2, -0.15) is 4.31 Å². The van der Waals surface area contributed by atoms with Crippen LogP contribution in [-0.2, 0) is 14.8 Å². The van der Waals surface area contributed by atoms with Gasteiger partial charge in [0, 0.05) is 10.6 Å². The molecule has 1 aromatic rings. The maximum Gasteiger partial charge on any atom is 0.336 e. The first-order valence-electron chi connectivity index (χ1n) is 4.93. The summed E-state index contributed by atoms with van der Waals surface area (Å²) in [5.74, 6) is -2.02. The highest BCUT2D eigenvalue weighted by molar-refractivity contribution is 14.1. The molecule has 0 aliphatic heterocycles. The molecule has 0 radical (unpaired) electrons. The molecule has 0 aliphatic rings. The molecule has 0 atom stereocenters. The predicted molar refractivity (Wildman–Crippen MR) is 75.1 cm³/mol. The monoisotopic (exact) mass is 398 g/mol. The summed E-state index contributed by atoms with van der Waals surface area (Å²) in [5, 5.41) is 8.95. The highest BCUT2D eigenvalue weighted by atomic mass is 127. The van der Waals surface area contributed by atoms with Gasteiger partial charge < -0.3 is 10.8 Å². The van der Waals surface area contributed by atoms with Crippen molar-refractivity contribution in [3.63, 3.8) is 0 Å². The molecule has 0 aliphatic carbocycles. The number of carboxylic acids is 1. The van der Waals surface area contributed by atoms with Crippen LogP contribution in [0.3, 0.4) is 0 Å². The molecule has 1 amide bonds. The van der Waals surface area contributed by atoms with Crippen molar-refractivity contribution in [3.8, 4) is 0 Å². The summed E-state index contributed by atoms with van der Waals surface area (Å²) in [6.45, 7) is -0.475. The Hall–Kier alpha value is -1.20. The number of nitrogens with zero attached hydrogens (tertiary/aromatic N) is 1. The number of amides is 1. The lowest BCUT2D eigenvalue weighted by molar-refractivity contribution is -0.118. The number of carbonyl (C=O) groups excluding carboxylic acids is 1. The van der Waals surface area contributed by atoms with E-state index in [1.54, 1.807) is 22.6 Å². The van der Waals surface area contributed by atoms with Gasteiger partial charge >= 0.3 is 5.97 Å². The largest absolute Gasteiger partial charge is 0.478 e. The zero-order valence-corrected chi connectivity index (χ0v) is 12.8. The fraction of sp³-hybridized carbons (Fsp3) is 0.200. The Bertz CT molecular complexity index is 629. The molecule has 19 heavy (non-hydrogen) atoms. The Kier molecular flexibility index (Phi) is 4.87. The number of sulfonamides is 1. The second kappa shape index (κ2) is 5.84. The van der Waals surface area contributed by atoms with E-state index in [0.29, 0.717) is 3.57 Å². The maximum absolute atomic E-state index is 12.1. The van der Waals surface area contributed by atoms with Crippen LogP contribution in [0.25, 0.3) is 0 Å². The van der Waals surface area contributed by atoms with Gasteiger partial charge in [-0.05, 0) is 40.8 Å².